The minimum atomic E-state index is -1.11. The summed E-state index contributed by atoms with van der Waals surface area (Å²) < 4.78 is 21.7. The van der Waals surface area contributed by atoms with Crippen LogP contribution >= 0.6 is 22.6 Å². The molecule has 0 radical (unpaired) electrons. The summed E-state index contributed by atoms with van der Waals surface area (Å²) in [5.41, 5.74) is 0.536. The quantitative estimate of drug-likeness (QED) is 0.526. The van der Waals surface area contributed by atoms with Crippen molar-refractivity contribution in [3.63, 3.8) is 0 Å². The number of pyridine rings is 1. The van der Waals surface area contributed by atoms with Gasteiger partial charge in [0.2, 0.25) is 0 Å². The SMILES string of the molecule is Cc1c(Cc2ccc(I)cc2F)c2c(=O)n(CC(O)CO)c(C)cc2oc1=O. The van der Waals surface area contributed by atoms with E-state index in [9.17, 15) is 19.1 Å². The maximum atomic E-state index is 14.4. The molecular formula is C20H19FINO5. The molecule has 3 aromatic rings. The summed E-state index contributed by atoms with van der Waals surface area (Å²) in [6.07, 6.45) is -1.06. The standard InChI is InChI=1S/C20H19FINO5/c1-10-5-17-18(19(26)23(10)8-14(25)9-24)15(11(2)20(27)28-17)6-12-3-4-13(22)7-16(12)21/h3-5,7,14,24-25H,6,8-9H2,1-2H3. The van der Waals surface area contributed by atoms with E-state index in [0.717, 1.165) is 3.57 Å². The monoisotopic (exact) mass is 499 g/mol. The van der Waals surface area contributed by atoms with Gasteiger partial charge in [-0.05, 0) is 59.7 Å². The number of aryl methyl sites for hydroxylation is 1. The van der Waals surface area contributed by atoms with E-state index in [4.69, 9.17) is 9.52 Å². The third-order valence-corrected chi connectivity index (χ3v) is 5.39. The highest BCUT2D eigenvalue weighted by Gasteiger charge is 2.19. The topological polar surface area (TPSA) is 92.7 Å². The van der Waals surface area contributed by atoms with Gasteiger partial charge in [-0.25, -0.2) is 9.18 Å². The van der Waals surface area contributed by atoms with Gasteiger partial charge in [-0.3, -0.25) is 4.79 Å². The molecule has 1 atom stereocenters. The number of nitrogens with zero attached hydrogens (tertiary/aromatic N) is 1. The second-order valence-electron chi connectivity index (χ2n) is 6.68. The molecule has 0 aliphatic heterocycles. The summed E-state index contributed by atoms with van der Waals surface area (Å²) >= 11 is 2.00. The van der Waals surface area contributed by atoms with Crippen LogP contribution in [0.3, 0.4) is 0 Å². The Labute approximate surface area is 173 Å². The molecule has 0 saturated carbocycles. The van der Waals surface area contributed by atoms with E-state index in [2.05, 4.69) is 0 Å². The second-order valence-corrected chi connectivity index (χ2v) is 7.93. The smallest absolute Gasteiger partial charge is 0.339 e. The van der Waals surface area contributed by atoms with Gasteiger partial charge in [0.1, 0.15) is 11.4 Å². The maximum absolute atomic E-state index is 14.4. The lowest BCUT2D eigenvalue weighted by Gasteiger charge is -2.16. The minimum Gasteiger partial charge on any atom is -0.422 e. The Kier molecular flexibility index (Phi) is 6.01. The zero-order valence-electron chi connectivity index (χ0n) is 15.3. The van der Waals surface area contributed by atoms with E-state index in [1.54, 1.807) is 19.1 Å². The van der Waals surface area contributed by atoms with Crippen molar-refractivity contribution >= 4 is 33.6 Å². The number of aliphatic hydroxyl groups excluding tert-OH is 2. The third-order valence-electron chi connectivity index (χ3n) is 4.72. The summed E-state index contributed by atoms with van der Waals surface area (Å²) in [5, 5.41) is 19.0. The number of aromatic nitrogens is 1. The molecule has 0 bridgehead atoms. The van der Waals surface area contributed by atoms with E-state index in [0.29, 0.717) is 16.8 Å². The van der Waals surface area contributed by atoms with Crippen molar-refractivity contribution in [2.75, 3.05) is 6.61 Å². The van der Waals surface area contributed by atoms with Gasteiger partial charge in [0.05, 0.1) is 24.6 Å². The molecule has 2 aromatic heterocycles. The third kappa shape index (κ3) is 3.89. The summed E-state index contributed by atoms with van der Waals surface area (Å²) in [4.78, 5) is 25.4. The van der Waals surface area contributed by atoms with E-state index in [1.165, 1.54) is 23.6 Å². The highest BCUT2D eigenvalue weighted by molar-refractivity contribution is 14.1. The first-order chi connectivity index (χ1) is 13.2. The predicted octanol–water partition coefficient (Wildman–Crippen LogP) is 2.26. The number of aliphatic hydroxyl groups is 2. The number of fused-ring (bicyclic) bond motifs is 1. The largest absolute Gasteiger partial charge is 0.422 e. The molecule has 3 rings (SSSR count). The molecule has 28 heavy (non-hydrogen) atoms. The zero-order chi connectivity index (χ0) is 20.6. The van der Waals surface area contributed by atoms with Gasteiger partial charge in [-0.1, -0.05) is 6.07 Å². The molecule has 0 aliphatic rings. The van der Waals surface area contributed by atoms with Gasteiger partial charge < -0.3 is 19.2 Å². The van der Waals surface area contributed by atoms with Gasteiger partial charge in [0.25, 0.3) is 5.56 Å². The van der Waals surface area contributed by atoms with Crippen molar-refractivity contribution in [1.82, 2.24) is 4.57 Å². The molecule has 0 spiro atoms. The van der Waals surface area contributed by atoms with Crippen LogP contribution in [0.5, 0.6) is 0 Å². The van der Waals surface area contributed by atoms with Crippen molar-refractivity contribution in [3.8, 4) is 0 Å². The average molecular weight is 499 g/mol. The molecule has 0 aliphatic carbocycles. The number of hydrogen-bond acceptors (Lipinski definition) is 5. The molecule has 2 heterocycles. The van der Waals surface area contributed by atoms with E-state index in [1.807, 2.05) is 22.6 Å². The van der Waals surface area contributed by atoms with E-state index >= 15 is 0 Å². The summed E-state index contributed by atoms with van der Waals surface area (Å²) in [6.45, 7) is 2.58. The first-order valence-electron chi connectivity index (χ1n) is 8.62. The highest BCUT2D eigenvalue weighted by atomic mass is 127. The minimum absolute atomic E-state index is 0.0531. The van der Waals surface area contributed by atoms with Gasteiger partial charge >= 0.3 is 5.63 Å². The fourth-order valence-corrected chi connectivity index (χ4v) is 3.61. The predicted molar refractivity (Wildman–Crippen MR) is 111 cm³/mol. The Bertz CT molecular complexity index is 1170. The molecule has 0 saturated heterocycles. The van der Waals surface area contributed by atoms with Crippen LogP contribution in [0.25, 0.3) is 11.0 Å². The van der Waals surface area contributed by atoms with Crippen molar-refractivity contribution in [2.45, 2.75) is 32.9 Å². The molecular weight excluding hydrogens is 480 g/mol. The van der Waals surface area contributed by atoms with Gasteiger partial charge in [-0.2, -0.15) is 0 Å². The number of hydrogen-bond donors (Lipinski definition) is 2. The molecule has 1 aromatic carbocycles. The van der Waals surface area contributed by atoms with E-state index < -0.39 is 29.7 Å². The average Bonchev–Trinajstić information content (AvgIpc) is 2.64. The lowest BCUT2D eigenvalue weighted by molar-refractivity contribution is 0.0800. The molecule has 8 heteroatoms. The Morgan fingerprint density at radius 2 is 1.96 bits per heavy atom. The van der Waals surface area contributed by atoms with Gasteiger partial charge in [0.15, 0.2) is 0 Å². The molecule has 6 nitrogen and oxygen atoms in total. The van der Waals surface area contributed by atoms with Gasteiger partial charge in [-0.15, -0.1) is 0 Å². The normalized spacial score (nSPS) is 12.5. The van der Waals surface area contributed by atoms with Crippen LogP contribution in [0.4, 0.5) is 4.39 Å². The molecule has 148 valence electrons. The summed E-state index contributed by atoms with van der Waals surface area (Å²) in [7, 11) is 0. The van der Waals surface area contributed by atoms with Crippen LogP contribution in [0, 0.1) is 23.2 Å². The van der Waals surface area contributed by atoms with E-state index in [-0.39, 0.29) is 29.5 Å². The lowest BCUT2D eigenvalue weighted by Crippen LogP contribution is -2.31. The Morgan fingerprint density at radius 3 is 2.61 bits per heavy atom. The molecule has 1 unspecified atom stereocenters. The Morgan fingerprint density at radius 1 is 1.25 bits per heavy atom. The molecule has 2 N–H and O–H groups in total. The van der Waals surface area contributed by atoms with Crippen LogP contribution in [0.1, 0.15) is 22.4 Å². The molecule has 0 amide bonds. The summed E-state index contributed by atoms with van der Waals surface area (Å²) in [5.74, 6) is -0.421. The Balaban J connectivity index is 2.28. The van der Waals surface area contributed by atoms with Crippen molar-refractivity contribution in [2.24, 2.45) is 0 Å². The maximum Gasteiger partial charge on any atom is 0.339 e. The Hall–Kier alpha value is -2.04. The number of rotatable bonds is 5. The van der Waals surface area contributed by atoms with Crippen molar-refractivity contribution < 1.29 is 19.0 Å². The highest BCUT2D eigenvalue weighted by Crippen LogP contribution is 2.23. The number of benzene rings is 1. The lowest BCUT2D eigenvalue weighted by atomic mass is 9.98. The first kappa shape index (κ1) is 20.7. The van der Waals surface area contributed by atoms with Crippen molar-refractivity contribution in [1.29, 1.82) is 0 Å². The second kappa shape index (κ2) is 8.14. The fourth-order valence-electron chi connectivity index (χ4n) is 3.16. The van der Waals surface area contributed by atoms with Crippen LogP contribution in [-0.4, -0.2) is 27.5 Å². The van der Waals surface area contributed by atoms with Gasteiger partial charge in [0, 0.05) is 27.3 Å². The fraction of sp³-hybridized carbons (Fsp3) is 0.300. The zero-order valence-corrected chi connectivity index (χ0v) is 17.5. The number of halogens is 2. The van der Waals surface area contributed by atoms with Crippen LogP contribution in [0.2, 0.25) is 0 Å². The van der Waals surface area contributed by atoms with Crippen molar-refractivity contribution in [3.05, 3.63) is 76.8 Å². The van der Waals surface area contributed by atoms with Crippen LogP contribution in [-0.2, 0) is 13.0 Å². The van der Waals surface area contributed by atoms with Crippen LogP contribution in [0.15, 0.2) is 38.3 Å². The molecule has 0 fully saturated rings. The van der Waals surface area contributed by atoms with Crippen LogP contribution < -0.4 is 11.2 Å². The first-order valence-corrected chi connectivity index (χ1v) is 9.70. The summed E-state index contributed by atoms with van der Waals surface area (Å²) in [6, 6.07) is 6.30.